The number of carboxylic acid groups (broad SMARTS) is 1. The Hall–Kier alpha value is -2.21. The van der Waals surface area contributed by atoms with Crippen LogP contribution in [0.5, 0.6) is 0 Å². The summed E-state index contributed by atoms with van der Waals surface area (Å²) in [5.74, 6) is -2.16. The number of rotatable bonds is 5. The predicted molar refractivity (Wildman–Crippen MR) is 98.6 cm³/mol. The van der Waals surface area contributed by atoms with Gasteiger partial charge in [-0.1, -0.05) is 44.0 Å². The number of aromatic nitrogens is 1. The molecule has 0 aliphatic heterocycles. The van der Waals surface area contributed by atoms with Crippen molar-refractivity contribution in [3.63, 3.8) is 0 Å². The van der Waals surface area contributed by atoms with Crippen molar-refractivity contribution in [1.82, 2.24) is 4.98 Å². The lowest BCUT2D eigenvalue weighted by Gasteiger charge is -2.26. The van der Waals surface area contributed by atoms with Gasteiger partial charge in [-0.2, -0.15) is 0 Å². The summed E-state index contributed by atoms with van der Waals surface area (Å²) in [6.07, 6.45) is 3.95. The van der Waals surface area contributed by atoms with Gasteiger partial charge in [-0.15, -0.1) is 11.3 Å². The van der Waals surface area contributed by atoms with Crippen molar-refractivity contribution in [3.05, 3.63) is 35.2 Å². The number of aryl methyl sites for hydroxylation is 1. The molecule has 6 heteroatoms. The summed E-state index contributed by atoms with van der Waals surface area (Å²) in [5.41, 5.74) is 3.10. The predicted octanol–water partition coefficient (Wildman–Crippen LogP) is 4.20. The van der Waals surface area contributed by atoms with Gasteiger partial charge in [0, 0.05) is 10.9 Å². The highest BCUT2D eigenvalue weighted by molar-refractivity contribution is 7.14. The number of hydrogen-bond donors (Lipinski definition) is 2. The van der Waals surface area contributed by atoms with Gasteiger partial charge in [-0.25, -0.2) is 4.98 Å². The number of nitrogens with one attached hydrogen (secondary N) is 1. The normalized spacial score (nSPS) is 20.2. The fraction of sp³-hybridized carbons (Fsp3) is 0.421. The molecule has 1 heterocycles. The highest BCUT2D eigenvalue weighted by atomic mass is 32.1. The number of anilines is 1. The maximum atomic E-state index is 12.5. The van der Waals surface area contributed by atoms with Gasteiger partial charge in [0.05, 0.1) is 17.5 Å². The average molecular weight is 358 g/mol. The largest absolute Gasteiger partial charge is 0.481 e. The number of nitrogens with zero attached hydrogens (tertiary/aromatic N) is 1. The van der Waals surface area contributed by atoms with E-state index in [1.54, 1.807) is 0 Å². The average Bonchev–Trinajstić information content (AvgIpc) is 3.10. The molecule has 0 spiro atoms. The zero-order valence-corrected chi connectivity index (χ0v) is 15.0. The van der Waals surface area contributed by atoms with Gasteiger partial charge < -0.3 is 10.4 Å². The zero-order chi connectivity index (χ0) is 17.8. The number of amides is 1. The number of aliphatic carboxylic acids is 1. The van der Waals surface area contributed by atoms with E-state index < -0.39 is 17.8 Å². The van der Waals surface area contributed by atoms with Crippen molar-refractivity contribution < 1.29 is 14.7 Å². The molecule has 0 saturated heterocycles. The summed E-state index contributed by atoms with van der Waals surface area (Å²) < 4.78 is 0. The Balaban J connectivity index is 1.69. The number of carboxylic acids is 1. The molecule has 1 aliphatic carbocycles. The Morgan fingerprint density at radius 1 is 1.20 bits per heavy atom. The molecule has 1 aromatic heterocycles. The highest BCUT2D eigenvalue weighted by Crippen LogP contribution is 2.32. The molecule has 1 fully saturated rings. The minimum atomic E-state index is -0.879. The lowest BCUT2D eigenvalue weighted by Crippen LogP contribution is -2.36. The van der Waals surface area contributed by atoms with Crippen LogP contribution in [0.25, 0.3) is 11.3 Å². The van der Waals surface area contributed by atoms with Crippen LogP contribution in [0.4, 0.5) is 5.13 Å². The second kappa shape index (κ2) is 7.78. The Morgan fingerprint density at radius 2 is 1.88 bits per heavy atom. The Labute approximate surface area is 151 Å². The summed E-state index contributed by atoms with van der Waals surface area (Å²) in [7, 11) is 0. The number of carbonyl (C=O) groups is 2. The Morgan fingerprint density at radius 3 is 2.52 bits per heavy atom. The molecule has 1 saturated carbocycles. The molecule has 1 amide bonds. The summed E-state index contributed by atoms with van der Waals surface area (Å²) in [6.45, 7) is 2.11. The Bertz CT molecular complexity index is 754. The van der Waals surface area contributed by atoms with E-state index in [2.05, 4.69) is 29.4 Å². The molecule has 2 aromatic rings. The first-order chi connectivity index (χ1) is 12.1. The van der Waals surface area contributed by atoms with E-state index in [1.807, 2.05) is 17.5 Å². The van der Waals surface area contributed by atoms with Gasteiger partial charge in [-0.05, 0) is 24.8 Å². The molecule has 25 heavy (non-hydrogen) atoms. The highest BCUT2D eigenvalue weighted by Gasteiger charge is 2.35. The molecule has 2 atom stereocenters. The molecule has 0 radical (unpaired) electrons. The minimum absolute atomic E-state index is 0.227. The fourth-order valence-corrected chi connectivity index (χ4v) is 4.04. The molecule has 3 rings (SSSR count). The van der Waals surface area contributed by atoms with E-state index >= 15 is 0 Å². The van der Waals surface area contributed by atoms with Crippen molar-refractivity contribution in [3.8, 4) is 11.3 Å². The van der Waals surface area contributed by atoms with Crippen LogP contribution < -0.4 is 5.32 Å². The quantitative estimate of drug-likeness (QED) is 0.839. The molecule has 1 aliphatic rings. The van der Waals surface area contributed by atoms with Crippen LogP contribution in [0.1, 0.15) is 38.2 Å². The summed E-state index contributed by atoms with van der Waals surface area (Å²) in [4.78, 5) is 28.4. The topological polar surface area (TPSA) is 79.3 Å². The molecule has 0 bridgehead atoms. The van der Waals surface area contributed by atoms with E-state index in [4.69, 9.17) is 0 Å². The molecular formula is C19H22N2O3S. The maximum Gasteiger partial charge on any atom is 0.307 e. The number of thiazole rings is 1. The van der Waals surface area contributed by atoms with E-state index in [-0.39, 0.29) is 5.91 Å². The van der Waals surface area contributed by atoms with Crippen LogP contribution in [-0.4, -0.2) is 22.0 Å². The molecule has 1 aromatic carbocycles. The van der Waals surface area contributed by atoms with Gasteiger partial charge >= 0.3 is 5.97 Å². The third kappa shape index (κ3) is 4.07. The maximum absolute atomic E-state index is 12.5. The second-order valence-corrected chi connectivity index (χ2v) is 7.27. The van der Waals surface area contributed by atoms with Gasteiger partial charge in [-0.3, -0.25) is 9.59 Å². The van der Waals surface area contributed by atoms with Gasteiger partial charge in [0.25, 0.3) is 0 Å². The van der Waals surface area contributed by atoms with Crippen molar-refractivity contribution in [2.75, 3.05) is 5.32 Å². The van der Waals surface area contributed by atoms with Crippen LogP contribution in [0.3, 0.4) is 0 Å². The van der Waals surface area contributed by atoms with Gasteiger partial charge in [0.15, 0.2) is 5.13 Å². The van der Waals surface area contributed by atoms with Crippen LogP contribution >= 0.6 is 11.3 Å². The standard InChI is InChI=1S/C19H22N2O3S/c1-2-12-7-9-13(10-8-12)16-11-25-19(20-16)21-17(22)14-5-3-4-6-15(14)18(23)24/h7-11,14-15H,2-6H2,1H3,(H,23,24)(H,20,21,22). The second-order valence-electron chi connectivity index (χ2n) is 6.41. The molecule has 132 valence electrons. The van der Waals surface area contributed by atoms with E-state index in [1.165, 1.54) is 16.9 Å². The Kier molecular flexibility index (Phi) is 5.48. The third-order valence-electron chi connectivity index (χ3n) is 4.81. The van der Waals surface area contributed by atoms with Crippen LogP contribution in [0.2, 0.25) is 0 Å². The van der Waals surface area contributed by atoms with Crippen molar-refractivity contribution in [2.45, 2.75) is 39.0 Å². The molecular weight excluding hydrogens is 336 g/mol. The smallest absolute Gasteiger partial charge is 0.307 e. The van der Waals surface area contributed by atoms with E-state index in [9.17, 15) is 14.7 Å². The van der Waals surface area contributed by atoms with Crippen molar-refractivity contribution in [2.24, 2.45) is 11.8 Å². The molecule has 2 unspecified atom stereocenters. The van der Waals surface area contributed by atoms with Crippen molar-refractivity contribution in [1.29, 1.82) is 0 Å². The first kappa shape index (κ1) is 17.6. The molecule has 2 N–H and O–H groups in total. The first-order valence-corrected chi connectivity index (χ1v) is 9.55. The summed E-state index contributed by atoms with van der Waals surface area (Å²) in [6, 6.07) is 8.21. The van der Waals surface area contributed by atoms with Gasteiger partial charge in [0.1, 0.15) is 0 Å². The first-order valence-electron chi connectivity index (χ1n) is 8.67. The van der Waals surface area contributed by atoms with Crippen LogP contribution in [0, 0.1) is 11.8 Å². The number of benzene rings is 1. The SMILES string of the molecule is CCc1ccc(-c2csc(NC(=O)C3CCCCC3C(=O)O)n2)cc1. The van der Waals surface area contributed by atoms with E-state index in [0.717, 1.165) is 30.5 Å². The summed E-state index contributed by atoms with van der Waals surface area (Å²) >= 11 is 1.37. The lowest BCUT2D eigenvalue weighted by atomic mass is 9.79. The zero-order valence-electron chi connectivity index (χ0n) is 14.2. The number of carbonyl (C=O) groups excluding carboxylic acids is 1. The third-order valence-corrected chi connectivity index (χ3v) is 5.57. The number of hydrogen-bond acceptors (Lipinski definition) is 4. The van der Waals surface area contributed by atoms with E-state index in [0.29, 0.717) is 18.0 Å². The molecule has 5 nitrogen and oxygen atoms in total. The fourth-order valence-electron chi connectivity index (χ4n) is 3.31. The van der Waals surface area contributed by atoms with Gasteiger partial charge in [0.2, 0.25) is 5.91 Å². The lowest BCUT2D eigenvalue weighted by molar-refractivity contribution is -0.147. The summed E-state index contributed by atoms with van der Waals surface area (Å²) in [5, 5.41) is 14.6. The van der Waals surface area contributed by atoms with Crippen molar-refractivity contribution >= 4 is 28.3 Å². The van der Waals surface area contributed by atoms with Crippen LogP contribution in [-0.2, 0) is 16.0 Å². The minimum Gasteiger partial charge on any atom is -0.481 e. The monoisotopic (exact) mass is 358 g/mol. The van der Waals surface area contributed by atoms with Crippen LogP contribution in [0.15, 0.2) is 29.6 Å².